The average Bonchev–Trinajstić information content (AvgIpc) is 3.14. The van der Waals surface area contributed by atoms with Gasteiger partial charge >= 0.3 is 0 Å². The van der Waals surface area contributed by atoms with Crippen molar-refractivity contribution in [2.24, 2.45) is 0 Å². The average molecular weight is 264 g/mol. The summed E-state index contributed by atoms with van der Waals surface area (Å²) in [5.41, 5.74) is 1.11. The van der Waals surface area contributed by atoms with Gasteiger partial charge in [0.25, 0.3) is 0 Å². The Labute approximate surface area is 111 Å². The van der Waals surface area contributed by atoms with Gasteiger partial charge in [-0.1, -0.05) is 12.1 Å². The van der Waals surface area contributed by atoms with Crippen LogP contribution in [0, 0.1) is 0 Å². The smallest absolute Gasteiger partial charge is 0.187 e. The highest BCUT2D eigenvalue weighted by Gasteiger charge is 2.62. The van der Waals surface area contributed by atoms with Crippen molar-refractivity contribution < 1.29 is 23.7 Å². The maximum atomic E-state index is 5.96. The Bertz CT molecular complexity index is 459. The van der Waals surface area contributed by atoms with E-state index in [4.69, 9.17) is 23.7 Å². The summed E-state index contributed by atoms with van der Waals surface area (Å²) >= 11 is 0. The quantitative estimate of drug-likeness (QED) is 0.762. The van der Waals surface area contributed by atoms with E-state index >= 15 is 0 Å². The molecule has 0 radical (unpaired) electrons. The van der Waals surface area contributed by atoms with Crippen LogP contribution < -0.4 is 4.74 Å². The van der Waals surface area contributed by atoms with Crippen molar-refractivity contribution in [2.75, 3.05) is 13.7 Å². The predicted octanol–water partition coefficient (Wildman–Crippen LogP) is 1.10. The molecule has 0 spiro atoms. The number of hydrogen-bond donors (Lipinski definition) is 0. The molecular weight excluding hydrogens is 248 g/mol. The van der Waals surface area contributed by atoms with Crippen LogP contribution in [0.4, 0.5) is 0 Å². The molecule has 5 nitrogen and oxygen atoms in total. The first-order valence-corrected chi connectivity index (χ1v) is 6.52. The summed E-state index contributed by atoms with van der Waals surface area (Å²) < 4.78 is 27.8. The first-order chi connectivity index (χ1) is 9.35. The van der Waals surface area contributed by atoms with E-state index in [-0.39, 0.29) is 30.7 Å². The number of rotatable bonds is 4. The molecule has 3 aliphatic heterocycles. The van der Waals surface area contributed by atoms with E-state index in [1.54, 1.807) is 7.11 Å². The van der Waals surface area contributed by atoms with Crippen LogP contribution in [0.2, 0.25) is 0 Å². The van der Waals surface area contributed by atoms with E-state index in [1.165, 1.54) is 0 Å². The molecule has 0 aromatic heterocycles. The van der Waals surface area contributed by atoms with Gasteiger partial charge in [0.1, 0.15) is 30.2 Å². The minimum Gasteiger partial charge on any atom is -0.497 e. The van der Waals surface area contributed by atoms with Gasteiger partial charge < -0.3 is 23.7 Å². The maximum absolute atomic E-state index is 5.96. The van der Waals surface area contributed by atoms with Crippen molar-refractivity contribution in [3.05, 3.63) is 29.8 Å². The lowest BCUT2D eigenvalue weighted by atomic mass is 10.1. The fourth-order valence-electron chi connectivity index (χ4n) is 2.73. The highest BCUT2D eigenvalue weighted by molar-refractivity contribution is 5.26. The third kappa shape index (κ3) is 2.03. The van der Waals surface area contributed by atoms with E-state index in [9.17, 15) is 0 Å². The third-order valence-corrected chi connectivity index (χ3v) is 3.86. The fourth-order valence-corrected chi connectivity index (χ4v) is 2.73. The number of benzene rings is 1. The van der Waals surface area contributed by atoms with Crippen molar-refractivity contribution in [1.29, 1.82) is 0 Å². The number of fused-ring (bicyclic) bond motifs is 4. The lowest BCUT2D eigenvalue weighted by Gasteiger charge is -2.24. The summed E-state index contributed by atoms with van der Waals surface area (Å²) in [6, 6.07) is 7.87. The topological polar surface area (TPSA) is 49.5 Å². The van der Waals surface area contributed by atoms with Gasteiger partial charge in [0.05, 0.1) is 20.3 Å². The molecule has 3 aliphatic rings. The SMILES string of the molecule is COc1ccc(CO[C@@H]2C3COC(O3)C3O[C@H]32)cc1. The molecule has 0 N–H and O–H groups in total. The molecule has 19 heavy (non-hydrogen) atoms. The summed E-state index contributed by atoms with van der Waals surface area (Å²) in [4.78, 5) is 0. The van der Waals surface area contributed by atoms with Gasteiger partial charge in [-0.3, -0.25) is 0 Å². The van der Waals surface area contributed by atoms with Gasteiger partial charge in [0, 0.05) is 0 Å². The first kappa shape index (κ1) is 11.7. The molecule has 1 aromatic rings. The normalized spacial score (nSPS) is 38.9. The monoisotopic (exact) mass is 264 g/mol. The lowest BCUT2D eigenvalue weighted by molar-refractivity contribution is -0.121. The van der Waals surface area contributed by atoms with Gasteiger partial charge in [0.2, 0.25) is 0 Å². The van der Waals surface area contributed by atoms with Gasteiger partial charge in [-0.05, 0) is 17.7 Å². The zero-order valence-corrected chi connectivity index (χ0v) is 10.7. The van der Waals surface area contributed by atoms with E-state index < -0.39 is 0 Å². The maximum Gasteiger partial charge on any atom is 0.187 e. The third-order valence-electron chi connectivity index (χ3n) is 3.86. The molecule has 3 unspecified atom stereocenters. The second kappa shape index (κ2) is 4.45. The molecule has 3 saturated heterocycles. The van der Waals surface area contributed by atoms with Crippen molar-refractivity contribution in [3.8, 4) is 5.75 Å². The fraction of sp³-hybridized carbons (Fsp3) is 0.571. The Morgan fingerprint density at radius 3 is 2.79 bits per heavy atom. The predicted molar refractivity (Wildman–Crippen MR) is 64.8 cm³/mol. The molecule has 0 aliphatic carbocycles. The Hall–Kier alpha value is -1.14. The second-order valence-corrected chi connectivity index (χ2v) is 5.07. The molecule has 3 fully saturated rings. The van der Waals surface area contributed by atoms with E-state index in [1.807, 2.05) is 24.3 Å². The molecular formula is C14H16O5. The summed E-state index contributed by atoms with van der Waals surface area (Å²) in [6.45, 7) is 1.15. The van der Waals surface area contributed by atoms with Crippen molar-refractivity contribution in [3.63, 3.8) is 0 Å². The standard InChI is InChI=1S/C14H16O5/c1-15-9-4-2-8(3-5-9)6-16-11-10-7-17-14(18-10)13-12(11)19-13/h2-5,10-14H,6-7H2,1H3/t10?,11-,12+,13?,14?/m1/s1. The van der Waals surface area contributed by atoms with E-state index in [2.05, 4.69) is 0 Å². The lowest BCUT2D eigenvalue weighted by Crippen LogP contribution is -2.41. The number of epoxide rings is 1. The first-order valence-electron chi connectivity index (χ1n) is 6.52. The van der Waals surface area contributed by atoms with Crippen molar-refractivity contribution in [2.45, 2.75) is 37.3 Å². The highest BCUT2D eigenvalue weighted by Crippen LogP contribution is 2.43. The van der Waals surface area contributed by atoms with Gasteiger partial charge in [-0.15, -0.1) is 0 Å². The van der Waals surface area contributed by atoms with Gasteiger partial charge in [-0.2, -0.15) is 0 Å². The number of hydrogen-bond acceptors (Lipinski definition) is 5. The molecule has 0 amide bonds. The molecule has 2 bridgehead atoms. The van der Waals surface area contributed by atoms with Crippen LogP contribution in [0.15, 0.2) is 24.3 Å². The van der Waals surface area contributed by atoms with Crippen LogP contribution in [0.25, 0.3) is 0 Å². The van der Waals surface area contributed by atoms with E-state index in [0.717, 1.165) is 11.3 Å². The van der Waals surface area contributed by atoms with Gasteiger partial charge in [0.15, 0.2) is 6.29 Å². The molecule has 1 aromatic carbocycles. The van der Waals surface area contributed by atoms with Crippen LogP contribution >= 0.6 is 0 Å². The van der Waals surface area contributed by atoms with Crippen LogP contribution in [-0.2, 0) is 25.6 Å². The zero-order valence-electron chi connectivity index (χ0n) is 10.7. The Kier molecular flexibility index (Phi) is 2.73. The molecule has 0 saturated carbocycles. The van der Waals surface area contributed by atoms with Crippen LogP contribution in [0.5, 0.6) is 5.75 Å². The van der Waals surface area contributed by atoms with Crippen LogP contribution in [0.1, 0.15) is 5.56 Å². The summed E-state index contributed by atoms with van der Waals surface area (Å²) in [6.07, 6.45) is 0.0257. The summed E-state index contributed by atoms with van der Waals surface area (Å²) in [5.74, 6) is 0.849. The van der Waals surface area contributed by atoms with Crippen molar-refractivity contribution >= 4 is 0 Å². The number of ether oxygens (including phenoxy) is 5. The highest BCUT2D eigenvalue weighted by atomic mass is 16.8. The minimum atomic E-state index is -0.171. The Morgan fingerprint density at radius 2 is 2.00 bits per heavy atom. The molecule has 4 rings (SSSR count). The molecule has 3 heterocycles. The summed E-state index contributed by atoms with van der Waals surface area (Å²) in [5, 5.41) is 0. The number of methoxy groups -OCH3 is 1. The largest absolute Gasteiger partial charge is 0.497 e. The molecule has 5 atom stereocenters. The Balaban J connectivity index is 1.39. The molecule has 5 heteroatoms. The van der Waals surface area contributed by atoms with Crippen LogP contribution in [-0.4, -0.2) is 44.4 Å². The zero-order chi connectivity index (χ0) is 12.8. The minimum absolute atomic E-state index is 0.00648. The molecule has 102 valence electrons. The summed E-state index contributed by atoms with van der Waals surface area (Å²) in [7, 11) is 1.66. The van der Waals surface area contributed by atoms with Crippen LogP contribution in [0.3, 0.4) is 0 Å². The van der Waals surface area contributed by atoms with Gasteiger partial charge in [-0.25, -0.2) is 0 Å². The Morgan fingerprint density at radius 1 is 1.16 bits per heavy atom. The van der Waals surface area contributed by atoms with E-state index in [0.29, 0.717) is 13.2 Å². The second-order valence-electron chi connectivity index (χ2n) is 5.07. The van der Waals surface area contributed by atoms with Crippen molar-refractivity contribution in [1.82, 2.24) is 0 Å².